The number of carbonyl (C=O) groups is 1. The molecule has 1 aromatic carbocycles. The normalized spacial score (nSPS) is 9.27. The van der Waals surface area contributed by atoms with Crippen LogP contribution in [0, 0.1) is 11.8 Å². The van der Waals surface area contributed by atoms with E-state index in [4.69, 9.17) is 15.2 Å². The zero-order valence-electron chi connectivity index (χ0n) is 13.9. The van der Waals surface area contributed by atoms with Crippen LogP contribution in [0.25, 0.3) is 0 Å². The van der Waals surface area contributed by atoms with Gasteiger partial charge >= 0.3 is 0 Å². The molecule has 1 aromatic rings. The number of ketones is 1. The summed E-state index contributed by atoms with van der Waals surface area (Å²) >= 11 is 0. The van der Waals surface area contributed by atoms with Crippen molar-refractivity contribution in [2.45, 2.75) is 33.7 Å². The molecular formula is C18H27NO3. The lowest BCUT2D eigenvalue weighted by molar-refractivity contribution is -0.121. The Bertz CT molecular complexity index is 457. The fourth-order valence-electron chi connectivity index (χ4n) is 1.46. The highest BCUT2D eigenvalue weighted by Crippen LogP contribution is 2.01. The molecule has 0 aliphatic rings. The predicted octanol–water partition coefficient (Wildman–Crippen LogP) is 2.54. The van der Waals surface area contributed by atoms with Gasteiger partial charge in [0.15, 0.2) is 5.78 Å². The first-order chi connectivity index (χ1) is 10.7. The van der Waals surface area contributed by atoms with Crippen LogP contribution in [0.4, 0.5) is 0 Å². The Morgan fingerprint density at radius 2 is 1.77 bits per heavy atom. The van der Waals surface area contributed by atoms with E-state index in [1.807, 2.05) is 38.1 Å². The van der Waals surface area contributed by atoms with Crippen LogP contribution in [0.1, 0.15) is 38.3 Å². The zero-order valence-corrected chi connectivity index (χ0v) is 13.9. The van der Waals surface area contributed by atoms with Gasteiger partial charge in [0.2, 0.25) is 0 Å². The molecular weight excluding hydrogens is 278 g/mol. The quantitative estimate of drug-likeness (QED) is 0.592. The molecule has 0 fully saturated rings. The standard InChI is InChI=1S/C16H21NO3.C2H6/c1-14(18)13-20-11-3-10-19-9-2-4-15-5-7-16(12-17)8-6-15;1-2/h5-8H,3,9-13,17H2,1H3;1-2H3. The van der Waals surface area contributed by atoms with Gasteiger partial charge in [-0.05, 0) is 31.0 Å². The molecule has 0 atom stereocenters. The summed E-state index contributed by atoms with van der Waals surface area (Å²) < 4.78 is 10.5. The summed E-state index contributed by atoms with van der Waals surface area (Å²) in [5.74, 6) is 6.01. The van der Waals surface area contributed by atoms with E-state index in [9.17, 15) is 4.79 Å². The SMILES string of the molecule is CC.CC(=O)COCCCOCC#Cc1ccc(CN)cc1. The topological polar surface area (TPSA) is 61.5 Å². The smallest absolute Gasteiger partial charge is 0.155 e. The van der Waals surface area contributed by atoms with Crippen molar-refractivity contribution in [3.05, 3.63) is 35.4 Å². The molecule has 1 rings (SSSR count). The summed E-state index contributed by atoms with van der Waals surface area (Å²) in [6, 6.07) is 7.84. The number of benzene rings is 1. The molecule has 0 amide bonds. The van der Waals surface area contributed by atoms with Crippen molar-refractivity contribution in [3.63, 3.8) is 0 Å². The maximum Gasteiger partial charge on any atom is 0.155 e. The first kappa shape index (κ1) is 20.3. The Morgan fingerprint density at radius 3 is 2.36 bits per heavy atom. The number of nitrogens with two attached hydrogens (primary N) is 1. The molecule has 0 aromatic heterocycles. The first-order valence-corrected chi connectivity index (χ1v) is 7.65. The van der Waals surface area contributed by atoms with Crippen molar-refractivity contribution >= 4 is 5.78 Å². The lowest BCUT2D eigenvalue weighted by Crippen LogP contribution is -2.07. The molecule has 0 aliphatic carbocycles. The molecule has 0 radical (unpaired) electrons. The van der Waals surface area contributed by atoms with Crippen molar-refractivity contribution in [1.29, 1.82) is 0 Å². The average Bonchev–Trinajstić information content (AvgIpc) is 2.55. The van der Waals surface area contributed by atoms with Crippen LogP contribution in [0.3, 0.4) is 0 Å². The van der Waals surface area contributed by atoms with E-state index in [2.05, 4.69) is 11.8 Å². The van der Waals surface area contributed by atoms with E-state index in [-0.39, 0.29) is 12.4 Å². The van der Waals surface area contributed by atoms with Gasteiger partial charge < -0.3 is 15.2 Å². The lowest BCUT2D eigenvalue weighted by atomic mass is 10.1. The van der Waals surface area contributed by atoms with Crippen LogP contribution in [-0.2, 0) is 20.8 Å². The van der Waals surface area contributed by atoms with Gasteiger partial charge in [-0.3, -0.25) is 4.79 Å². The van der Waals surface area contributed by atoms with Crippen LogP contribution in [-0.4, -0.2) is 32.2 Å². The van der Waals surface area contributed by atoms with E-state index in [0.717, 1.165) is 17.5 Å². The number of rotatable bonds is 8. The van der Waals surface area contributed by atoms with Gasteiger partial charge in [0.1, 0.15) is 13.2 Å². The average molecular weight is 305 g/mol. The minimum absolute atomic E-state index is 0.0393. The van der Waals surface area contributed by atoms with Crippen molar-refractivity contribution in [1.82, 2.24) is 0 Å². The monoisotopic (exact) mass is 305 g/mol. The van der Waals surface area contributed by atoms with E-state index in [1.165, 1.54) is 6.92 Å². The molecule has 122 valence electrons. The zero-order chi connectivity index (χ0) is 16.6. The summed E-state index contributed by atoms with van der Waals surface area (Å²) in [5, 5.41) is 0. The van der Waals surface area contributed by atoms with Gasteiger partial charge in [0.25, 0.3) is 0 Å². The third-order valence-corrected chi connectivity index (χ3v) is 2.48. The molecule has 0 aliphatic heterocycles. The fourth-order valence-corrected chi connectivity index (χ4v) is 1.46. The maximum atomic E-state index is 10.6. The van der Waals surface area contributed by atoms with Crippen molar-refractivity contribution in [3.8, 4) is 11.8 Å². The number of hydrogen-bond acceptors (Lipinski definition) is 4. The molecule has 2 N–H and O–H groups in total. The highest BCUT2D eigenvalue weighted by atomic mass is 16.5. The van der Waals surface area contributed by atoms with Crippen LogP contribution in [0.2, 0.25) is 0 Å². The molecule has 0 heterocycles. The number of carbonyl (C=O) groups excluding carboxylic acids is 1. The number of hydrogen-bond donors (Lipinski definition) is 1. The largest absolute Gasteiger partial charge is 0.374 e. The summed E-state index contributed by atoms with van der Waals surface area (Å²) in [5.41, 5.74) is 7.57. The molecule has 0 saturated carbocycles. The van der Waals surface area contributed by atoms with Gasteiger partial charge in [0.05, 0.1) is 6.61 Å². The Balaban J connectivity index is 0.00000211. The summed E-state index contributed by atoms with van der Waals surface area (Å²) in [6.45, 7) is 7.74. The molecule has 22 heavy (non-hydrogen) atoms. The predicted molar refractivity (Wildman–Crippen MR) is 89.5 cm³/mol. The van der Waals surface area contributed by atoms with E-state index in [0.29, 0.717) is 26.4 Å². The molecule has 0 unspecified atom stereocenters. The van der Waals surface area contributed by atoms with Gasteiger partial charge in [-0.25, -0.2) is 0 Å². The minimum Gasteiger partial charge on any atom is -0.374 e. The van der Waals surface area contributed by atoms with E-state index < -0.39 is 0 Å². The molecule has 0 saturated heterocycles. The summed E-state index contributed by atoms with van der Waals surface area (Å²) in [6.07, 6.45) is 0.764. The number of Topliss-reactive ketones (excluding diaryl/α,β-unsaturated/α-hetero) is 1. The fraction of sp³-hybridized carbons (Fsp3) is 0.500. The Morgan fingerprint density at radius 1 is 1.14 bits per heavy atom. The lowest BCUT2D eigenvalue weighted by Gasteiger charge is -2.01. The van der Waals surface area contributed by atoms with E-state index in [1.54, 1.807) is 0 Å². The minimum atomic E-state index is 0.0393. The second-order valence-electron chi connectivity index (χ2n) is 4.36. The Labute approximate surface area is 134 Å². The summed E-state index contributed by atoms with van der Waals surface area (Å²) in [7, 11) is 0. The van der Waals surface area contributed by atoms with Crippen molar-refractivity contribution in [2.24, 2.45) is 5.73 Å². The maximum absolute atomic E-state index is 10.6. The van der Waals surface area contributed by atoms with Crippen LogP contribution in [0.15, 0.2) is 24.3 Å². The van der Waals surface area contributed by atoms with Crippen LogP contribution in [0.5, 0.6) is 0 Å². The molecule has 0 bridgehead atoms. The Kier molecular flexibility index (Phi) is 13.2. The second kappa shape index (κ2) is 14.3. The Hall–Kier alpha value is -1.67. The van der Waals surface area contributed by atoms with E-state index >= 15 is 0 Å². The second-order valence-corrected chi connectivity index (χ2v) is 4.36. The number of ether oxygens (including phenoxy) is 2. The molecule has 0 spiro atoms. The van der Waals surface area contributed by atoms with Crippen LogP contribution >= 0.6 is 0 Å². The molecule has 4 nitrogen and oxygen atoms in total. The van der Waals surface area contributed by atoms with Crippen LogP contribution < -0.4 is 5.73 Å². The highest BCUT2D eigenvalue weighted by Gasteiger charge is 1.93. The van der Waals surface area contributed by atoms with Crippen molar-refractivity contribution < 1.29 is 14.3 Å². The van der Waals surface area contributed by atoms with Gasteiger partial charge in [-0.2, -0.15) is 0 Å². The van der Waals surface area contributed by atoms with Crippen molar-refractivity contribution in [2.75, 3.05) is 26.4 Å². The van der Waals surface area contributed by atoms with Gasteiger partial charge in [-0.1, -0.05) is 37.8 Å². The van der Waals surface area contributed by atoms with Gasteiger partial charge in [-0.15, -0.1) is 0 Å². The molecule has 4 heteroatoms. The summed E-state index contributed by atoms with van der Waals surface area (Å²) in [4.78, 5) is 10.6. The third-order valence-electron chi connectivity index (χ3n) is 2.48. The highest BCUT2D eigenvalue weighted by molar-refractivity contribution is 5.76. The van der Waals surface area contributed by atoms with Gasteiger partial charge in [0, 0.05) is 18.7 Å². The first-order valence-electron chi connectivity index (χ1n) is 7.65. The third kappa shape index (κ3) is 11.0.